The van der Waals surface area contributed by atoms with Crippen LogP contribution < -0.4 is 10.2 Å². The molecule has 0 bridgehead atoms. The van der Waals surface area contributed by atoms with E-state index >= 15 is 0 Å². The molecule has 0 saturated carbocycles. The summed E-state index contributed by atoms with van der Waals surface area (Å²) >= 11 is 0. The number of nitrogens with one attached hydrogen (secondary N) is 1. The van der Waals surface area contributed by atoms with Crippen molar-refractivity contribution in [1.29, 1.82) is 0 Å². The van der Waals surface area contributed by atoms with E-state index in [1.54, 1.807) is 13.0 Å². The number of rotatable bonds is 7. The highest BCUT2D eigenvalue weighted by Gasteiger charge is 2.12. The van der Waals surface area contributed by atoms with Gasteiger partial charge in [-0.25, -0.2) is 0 Å². The molecule has 0 fully saturated rings. The van der Waals surface area contributed by atoms with Gasteiger partial charge in [0.2, 0.25) is 0 Å². The number of nitrogens with zero attached hydrogens (tertiary/aromatic N) is 2. The smallest absolute Gasteiger partial charge is 0.273 e. The van der Waals surface area contributed by atoms with Gasteiger partial charge in [-0.15, -0.1) is 0 Å². The summed E-state index contributed by atoms with van der Waals surface area (Å²) in [5.41, 5.74) is 1.57. The number of hydrogen-bond donors (Lipinski definition) is 2. The fraction of sp³-hybridized carbons (Fsp3) is 0.538. The minimum atomic E-state index is -0.396. The van der Waals surface area contributed by atoms with E-state index in [1.165, 1.54) is 6.07 Å². The second-order valence-electron chi connectivity index (χ2n) is 4.58. The highest BCUT2D eigenvalue weighted by atomic mass is 16.6. The molecule has 6 nitrogen and oxygen atoms in total. The third-order valence-electron chi connectivity index (χ3n) is 2.82. The summed E-state index contributed by atoms with van der Waals surface area (Å²) in [6, 6.07) is 4.94. The number of nitro groups is 1. The van der Waals surface area contributed by atoms with Crippen LogP contribution in [-0.2, 0) is 0 Å². The van der Waals surface area contributed by atoms with Crippen LogP contribution in [0.15, 0.2) is 18.2 Å². The highest BCUT2D eigenvalue weighted by molar-refractivity contribution is 5.64. The van der Waals surface area contributed by atoms with Crippen molar-refractivity contribution < 1.29 is 10.0 Å². The molecule has 6 heteroatoms. The van der Waals surface area contributed by atoms with Crippen molar-refractivity contribution in [2.24, 2.45) is 0 Å². The highest BCUT2D eigenvalue weighted by Crippen LogP contribution is 2.26. The molecule has 0 aliphatic carbocycles. The first-order valence-electron chi connectivity index (χ1n) is 6.36. The van der Waals surface area contributed by atoms with Crippen LogP contribution in [0.25, 0.3) is 0 Å². The summed E-state index contributed by atoms with van der Waals surface area (Å²) in [5.74, 6) is 0. The second kappa shape index (κ2) is 6.94. The van der Waals surface area contributed by atoms with Gasteiger partial charge in [0, 0.05) is 43.6 Å². The molecule has 0 saturated heterocycles. The normalized spacial score (nSPS) is 12.0. The first-order valence-corrected chi connectivity index (χ1v) is 6.36. The molecule has 0 aliphatic heterocycles. The predicted octanol–water partition coefficient (Wildman–Crippen LogP) is 2.23. The van der Waals surface area contributed by atoms with Crippen molar-refractivity contribution in [3.63, 3.8) is 0 Å². The maximum absolute atomic E-state index is 10.9. The van der Waals surface area contributed by atoms with Gasteiger partial charge in [-0.1, -0.05) is 0 Å². The number of anilines is 2. The van der Waals surface area contributed by atoms with Gasteiger partial charge in [-0.3, -0.25) is 10.1 Å². The van der Waals surface area contributed by atoms with E-state index in [1.807, 2.05) is 24.9 Å². The van der Waals surface area contributed by atoms with E-state index < -0.39 is 4.92 Å². The molecular weight excluding hydrogens is 246 g/mol. The number of aliphatic hydroxyl groups is 1. The van der Waals surface area contributed by atoms with E-state index in [9.17, 15) is 15.2 Å². The Morgan fingerprint density at radius 3 is 2.68 bits per heavy atom. The van der Waals surface area contributed by atoms with Crippen molar-refractivity contribution in [3.05, 3.63) is 28.3 Å². The van der Waals surface area contributed by atoms with Gasteiger partial charge in [-0.2, -0.15) is 0 Å². The zero-order valence-electron chi connectivity index (χ0n) is 11.6. The van der Waals surface area contributed by atoms with Crippen LogP contribution in [0.4, 0.5) is 17.1 Å². The van der Waals surface area contributed by atoms with Crippen LogP contribution in [0, 0.1) is 10.1 Å². The first-order chi connectivity index (χ1) is 8.93. The van der Waals surface area contributed by atoms with Gasteiger partial charge < -0.3 is 15.3 Å². The Hall–Kier alpha value is -1.82. The first kappa shape index (κ1) is 15.2. The largest absolute Gasteiger partial charge is 0.393 e. The van der Waals surface area contributed by atoms with Crippen molar-refractivity contribution in [2.45, 2.75) is 26.4 Å². The second-order valence-corrected chi connectivity index (χ2v) is 4.58. The molecule has 1 atom stereocenters. The van der Waals surface area contributed by atoms with E-state index in [2.05, 4.69) is 5.32 Å². The van der Waals surface area contributed by atoms with Crippen LogP contribution in [0.5, 0.6) is 0 Å². The Balaban J connectivity index is 2.94. The number of hydrogen-bond acceptors (Lipinski definition) is 5. The molecule has 1 rings (SSSR count). The molecule has 19 heavy (non-hydrogen) atoms. The van der Waals surface area contributed by atoms with E-state index in [0.717, 1.165) is 11.4 Å². The summed E-state index contributed by atoms with van der Waals surface area (Å²) in [7, 11) is 1.86. The lowest BCUT2D eigenvalue weighted by Crippen LogP contribution is -2.22. The molecule has 0 amide bonds. The predicted molar refractivity (Wildman–Crippen MR) is 76.8 cm³/mol. The molecule has 2 N–H and O–H groups in total. The van der Waals surface area contributed by atoms with Gasteiger partial charge in [0.1, 0.15) is 0 Å². The summed E-state index contributed by atoms with van der Waals surface area (Å²) in [6.45, 7) is 5.02. The minimum Gasteiger partial charge on any atom is -0.393 e. The molecular formula is C13H21N3O3. The zero-order valence-corrected chi connectivity index (χ0v) is 11.6. The number of aliphatic hydroxyl groups excluding tert-OH is 1. The third kappa shape index (κ3) is 4.75. The Morgan fingerprint density at radius 2 is 2.16 bits per heavy atom. The monoisotopic (exact) mass is 267 g/mol. The van der Waals surface area contributed by atoms with Crippen LogP contribution in [-0.4, -0.2) is 36.3 Å². The average Bonchev–Trinajstić information content (AvgIpc) is 2.35. The van der Waals surface area contributed by atoms with Crippen LogP contribution in [0.2, 0.25) is 0 Å². The fourth-order valence-electron chi connectivity index (χ4n) is 1.74. The molecule has 0 aliphatic rings. The van der Waals surface area contributed by atoms with E-state index in [-0.39, 0.29) is 11.8 Å². The lowest BCUT2D eigenvalue weighted by Gasteiger charge is -2.20. The minimum absolute atomic E-state index is 0.0670. The summed E-state index contributed by atoms with van der Waals surface area (Å²) in [6.07, 6.45) is 0.241. The number of non-ortho nitro benzene ring substituents is 1. The quantitative estimate of drug-likeness (QED) is 0.585. The SMILES string of the molecule is CCNc1cc(N(C)CCC(C)O)cc([N+](=O)[O-])c1. The molecule has 1 aromatic carbocycles. The number of nitro benzene ring substituents is 1. The summed E-state index contributed by atoms with van der Waals surface area (Å²) in [4.78, 5) is 12.4. The van der Waals surface area contributed by atoms with Crippen molar-refractivity contribution in [1.82, 2.24) is 0 Å². The molecule has 1 aromatic rings. The zero-order chi connectivity index (χ0) is 14.4. The fourth-order valence-corrected chi connectivity index (χ4v) is 1.74. The molecule has 0 heterocycles. The van der Waals surface area contributed by atoms with E-state index in [4.69, 9.17) is 0 Å². The molecule has 0 radical (unpaired) electrons. The lowest BCUT2D eigenvalue weighted by atomic mass is 10.2. The molecule has 0 spiro atoms. The van der Waals surface area contributed by atoms with Crippen molar-refractivity contribution >= 4 is 17.1 Å². The maximum atomic E-state index is 10.9. The lowest BCUT2D eigenvalue weighted by molar-refractivity contribution is -0.384. The standard InChI is InChI=1S/C13H21N3O3/c1-4-14-11-7-12(9-13(8-11)16(18)19)15(3)6-5-10(2)17/h7-10,14,17H,4-6H2,1-3H3. The molecule has 106 valence electrons. The summed E-state index contributed by atoms with van der Waals surface area (Å²) < 4.78 is 0. The molecule has 0 aromatic heterocycles. The van der Waals surface area contributed by atoms with E-state index in [0.29, 0.717) is 19.5 Å². The van der Waals surface area contributed by atoms with Crippen LogP contribution >= 0.6 is 0 Å². The third-order valence-corrected chi connectivity index (χ3v) is 2.82. The van der Waals surface area contributed by atoms with Gasteiger partial charge in [0.15, 0.2) is 0 Å². The topological polar surface area (TPSA) is 78.6 Å². The van der Waals surface area contributed by atoms with Gasteiger partial charge in [0.25, 0.3) is 5.69 Å². The van der Waals surface area contributed by atoms with Gasteiger partial charge in [0.05, 0.1) is 11.0 Å². The van der Waals surface area contributed by atoms with Crippen LogP contribution in [0.3, 0.4) is 0 Å². The van der Waals surface area contributed by atoms with Crippen LogP contribution in [0.1, 0.15) is 20.3 Å². The molecule has 1 unspecified atom stereocenters. The summed E-state index contributed by atoms with van der Waals surface area (Å²) in [5, 5.41) is 23.3. The Morgan fingerprint density at radius 1 is 1.47 bits per heavy atom. The van der Waals surface area contributed by atoms with Gasteiger partial charge in [-0.05, 0) is 26.3 Å². The Labute approximate surface area is 113 Å². The maximum Gasteiger partial charge on any atom is 0.273 e. The number of benzene rings is 1. The van der Waals surface area contributed by atoms with Crippen molar-refractivity contribution in [2.75, 3.05) is 30.4 Å². The Bertz CT molecular complexity index is 435. The average molecular weight is 267 g/mol. The van der Waals surface area contributed by atoms with Crippen molar-refractivity contribution in [3.8, 4) is 0 Å². The Kier molecular flexibility index (Phi) is 5.57. The van der Waals surface area contributed by atoms with Gasteiger partial charge >= 0.3 is 0 Å².